The normalized spacial score (nSPS) is 11.0. The fourth-order valence-corrected chi connectivity index (χ4v) is 2.66. The van der Waals surface area contributed by atoms with Gasteiger partial charge >= 0.3 is 0 Å². The molecular formula is C19H26N2. The summed E-state index contributed by atoms with van der Waals surface area (Å²) >= 11 is 0. The Labute approximate surface area is 128 Å². The van der Waals surface area contributed by atoms with Gasteiger partial charge in [-0.25, -0.2) is 0 Å². The zero-order valence-corrected chi connectivity index (χ0v) is 12.7. The molecule has 112 valence electrons. The molecule has 3 N–H and O–H groups in total. The van der Waals surface area contributed by atoms with Gasteiger partial charge in [0.2, 0.25) is 0 Å². The van der Waals surface area contributed by atoms with E-state index >= 15 is 0 Å². The molecule has 2 rings (SSSR count). The largest absolute Gasteiger partial charge is 0.330 e. The van der Waals surface area contributed by atoms with Crippen LogP contribution < -0.4 is 11.1 Å². The summed E-state index contributed by atoms with van der Waals surface area (Å²) in [7, 11) is 0. The molecule has 0 aliphatic rings. The summed E-state index contributed by atoms with van der Waals surface area (Å²) in [5.74, 6) is 0.467. The Hall–Kier alpha value is -1.64. The first kappa shape index (κ1) is 15.7. The molecule has 0 radical (unpaired) electrons. The van der Waals surface area contributed by atoms with Gasteiger partial charge in [-0.05, 0) is 50.0 Å². The summed E-state index contributed by atoms with van der Waals surface area (Å²) < 4.78 is 0. The second-order valence-corrected chi connectivity index (χ2v) is 5.41. The molecule has 0 saturated carbocycles. The van der Waals surface area contributed by atoms with Gasteiger partial charge in [0, 0.05) is 5.92 Å². The van der Waals surface area contributed by atoms with Gasteiger partial charge in [0.05, 0.1) is 0 Å². The van der Waals surface area contributed by atoms with E-state index in [1.54, 1.807) is 0 Å². The van der Waals surface area contributed by atoms with Crippen molar-refractivity contribution in [2.45, 2.75) is 25.2 Å². The van der Waals surface area contributed by atoms with Gasteiger partial charge in [0.15, 0.2) is 0 Å². The molecule has 0 heterocycles. The lowest BCUT2D eigenvalue weighted by Gasteiger charge is -2.18. The van der Waals surface area contributed by atoms with Crippen LogP contribution in [-0.2, 0) is 0 Å². The van der Waals surface area contributed by atoms with Crippen molar-refractivity contribution in [2.24, 2.45) is 5.73 Å². The van der Waals surface area contributed by atoms with Crippen molar-refractivity contribution in [2.75, 3.05) is 19.6 Å². The molecule has 2 nitrogen and oxygen atoms in total. The van der Waals surface area contributed by atoms with E-state index in [2.05, 4.69) is 66.0 Å². The van der Waals surface area contributed by atoms with E-state index in [0.717, 1.165) is 38.9 Å². The summed E-state index contributed by atoms with van der Waals surface area (Å²) in [4.78, 5) is 0. The summed E-state index contributed by atoms with van der Waals surface area (Å²) in [6.45, 7) is 2.89. The van der Waals surface area contributed by atoms with E-state index in [1.807, 2.05) is 0 Å². The van der Waals surface area contributed by atoms with Crippen LogP contribution in [0.25, 0.3) is 0 Å². The number of hydrogen-bond donors (Lipinski definition) is 2. The molecule has 2 aromatic carbocycles. The van der Waals surface area contributed by atoms with Gasteiger partial charge < -0.3 is 11.1 Å². The predicted molar refractivity (Wildman–Crippen MR) is 90.5 cm³/mol. The van der Waals surface area contributed by atoms with Crippen molar-refractivity contribution < 1.29 is 0 Å². The quantitative estimate of drug-likeness (QED) is 0.690. The fraction of sp³-hybridized carbons (Fsp3) is 0.368. The van der Waals surface area contributed by atoms with E-state index in [9.17, 15) is 0 Å². The number of hydrogen-bond acceptors (Lipinski definition) is 2. The smallest absolute Gasteiger partial charge is 0.0101 e. The molecule has 0 bridgehead atoms. The maximum Gasteiger partial charge on any atom is 0.0101 e. The fourth-order valence-electron chi connectivity index (χ4n) is 2.66. The number of benzene rings is 2. The Kier molecular flexibility index (Phi) is 6.99. The topological polar surface area (TPSA) is 38.0 Å². The minimum Gasteiger partial charge on any atom is -0.330 e. The molecule has 0 aliphatic carbocycles. The van der Waals surface area contributed by atoms with Crippen LogP contribution in [0.1, 0.15) is 36.3 Å². The van der Waals surface area contributed by atoms with Gasteiger partial charge in [0.1, 0.15) is 0 Å². The van der Waals surface area contributed by atoms with Crippen molar-refractivity contribution in [3.8, 4) is 0 Å². The number of unbranched alkanes of at least 4 members (excludes halogenated alkanes) is 1. The first-order valence-electron chi connectivity index (χ1n) is 7.92. The average Bonchev–Trinajstić information content (AvgIpc) is 2.56. The van der Waals surface area contributed by atoms with E-state index in [4.69, 9.17) is 5.73 Å². The third-order valence-electron chi connectivity index (χ3n) is 3.82. The molecule has 2 aromatic rings. The highest BCUT2D eigenvalue weighted by Crippen LogP contribution is 2.27. The van der Waals surface area contributed by atoms with Crippen LogP contribution >= 0.6 is 0 Å². The molecule has 0 atom stereocenters. The van der Waals surface area contributed by atoms with E-state index in [1.165, 1.54) is 11.1 Å². The molecule has 0 unspecified atom stereocenters. The third kappa shape index (κ3) is 5.33. The lowest BCUT2D eigenvalue weighted by molar-refractivity contribution is 0.584. The van der Waals surface area contributed by atoms with Crippen LogP contribution in [0.4, 0.5) is 0 Å². The van der Waals surface area contributed by atoms with Gasteiger partial charge in [-0.15, -0.1) is 0 Å². The van der Waals surface area contributed by atoms with Crippen molar-refractivity contribution in [1.29, 1.82) is 0 Å². The molecule has 0 fully saturated rings. The zero-order chi connectivity index (χ0) is 14.8. The Morgan fingerprint density at radius 1 is 0.762 bits per heavy atom. The van der Waals surface area contributed by atoms with Crippen LogP contribution in [0.3, 0.4) is 0 Å². The summed E-state index contributed by atoms with van der Waals surface area (Å²) in [6.07, 6.45) is 3.39. The molecule has 21 heavy (non-hydrogen) atoms. The number of nitrogens with one attached hydrogen (secondary N) is 1. The Morgan fingerprint density at radius 2 is 1.33 bits per heavy atom. The summed E-state index contributed by atoms with van der Waals surface area (Å²) in [5.41, 5.74) is 8.31. The second-order valence-electron chi connectivity index (χ2n) is 5.41. The van der Waals surface area contributed by atoms with Crippen LogP contribution in [0.5, 0.6) is 0 Å². The minimum absolute atomic E-state index is 0.467. The van der Waals surface area contributed by atoms with Gasteiger partial charge in [0.25, 0.3) is 0 Å². The molecule has 0 saturated heterocycles. The monoisotopic (exact) mass is 282 g/mol. The van der Waals surface area contributed by atoms with Crippen LogP contribution in [-0.4, -0.2) is 19.6 Å². The summed E-state index contributed by atoms with van der Waals surface area (Å²) in [5, 5.41) is 3.53. The molecule has 0 aromatic heterocycles. The highest BCUT2D eigenvalue weighted by atomic mass is 14.8. The van der Waals surface area contributed by atoms with Crippen molar-refractivity contribution in [3.05, 3.63) is 71.8 Å². The molecule has 0 aliphatic heterocycles. The predicted octanol–water partition coefficient (Wildman–Crippen LogP) is 3.54. The van der Waals surface area contributed by atoms with Gasteiger partial charge in [-0.1, -0.05) is 60.7 Å². The van der Waals surface area contributed by atoms with Crippen molar-refractivity contribution in [1.82, 2.24) is 5.32 Å². The average molecular weight is 282 g/mol. The van der Waals surface area contributed by atoms with E-state index < -0.39 is 0 Å². The third-order valence-corrected chi connectivity index (χ3v) is 3.82. The molecular weight excluding hydrogens is 256 g/mol. The molecule has 2 heteroatoms. The molecule has 0 spiro atoms. The standard InChI is InChI=1S/C19H26N2/c20-14-7-8-15-21-16-13-19(17-9-3-1-4-10-17)18-11-5-2-6-12-18/h1-6,9-12,19,21H,7-8,13-16,20H2. The van der Waals surface area contributed by atoms with E-state index in [0.29, 0.717) is 5.92 Å². The minimum atomic E-state index is 0.467. The van der Waals surface area contributed by atoms with Crippen molar-refractivity contribution >= 4 is 0 Å². The van der Waals surface area contributed by atoms with Crippen LogP contribution in [0.15, 0.2) is 60.7 Å². The SMILES string of the molecule is NCCCCNCCC(c1ccccc1)c1ccccc1. The van der Waals surface area contributed by atoms with Gasteiger partial charge in [-0.3, -0.25) is 0 Å². The molecule has 0 amide bonds. The lowest BCUT2D eigenvalue weighted by Crippen LogP contribution is -2.20. The van der Waals surface area contributed by atoms with Gasteiger partial charge in [-0.2, -0.15) is 0 Å². The van der Waals surface area contributed by atoms with Crippen LogP contribution in [0.2, 0.25) is 0 Å². The number of rotatable bonds is 9. The first-order valence-corrected chi connectivity index (χ1v) is 7.92. The van der Waals surface area contributed by atoms with Crippen molar-refractivity contribution in [3.63, 3.8) is 0 Å². The van der Waals surface area contributed by atoms with E-state index in [-0.39, 0.29) is 0 Å². The lowest BCUT2D eigenvalue weighted by atomic mass is 9.88. The Bertz CT molecular complexity index is 442. The Morgan fingerprint density at radius 3 is 1.86 bits per heavy atom. The Balaban J connectivity index is 1.94. The number of nitrogens with two attached hydrogens (primary N) is 1. The summed E-state index contributed by atoms with van der Waals surface area (Å²) in [6, 6.07) is 21.6. The zero-order valence-electron chi connectivity index (χ0n) is 12.7. The highest BCUT2D eigenvalue weighted by molar-refractivity contribution is 5.32. The van der Waals surface area contributed by atoms with Crippen LogP contribution in [0, 0.1) is 0 Å². The first-order chi connectivity index (χ1) is 10.4. The second kappa shape index (κ2) is 9.32. The maximum atomic E-state index is 5.52. The maximum absolute atomic E-state index is 5.52. The highest BCUT2D eigenvalue weighted by Gasteiger charge is 2.12.